The molecule has 3 rings (SSSR count). The monoisotopic (exact) mass is 317 g/mol. The smallest absolute Gasteiger partial charge is 0.223 e. The largest absolute Gasteiger partial charge is 0.390 e. The van der Waals surface area contributed by atoms with E-state index in [0.29, 0.717) is 12.8 Å². The topological polar surface area (TPSA) is 58.6 Å². The van der Waals surface area contributed by atoms with E-state index in [1.807, 2.05) is 0 Å². The number of ether oxygens (including phenoxy) is 1. The first-order valence-corrected chi connectivity index (χ1v) is 8.60. The summed E-state index contributed by atoms with van der Waals surface area (Å²) in [5.74, 6) is 0.0856. The van der Waals surface area contributed by atoms with E-state index in [2.05, 4.69) is 36.5 Å². The van der Waals surface area contributed by atoms with Gasteiger partial charge in [-0.25, -0.2) is 0 Å². The van der Waals surface area contributed by atoms with Crippen molar-refractivity contribution in [3.8, 4) is 0 Å². The molecule has 0 unspecified atom stereocenters. The number of carbonyl (C=O) groups is 1. The molecule has 0 radical (unpaired) electrons. The maximum atomic E-state index is 12.6. The van der Waals surface area contributed by atoms with Crippen molar-refractivity contribution >= 4 is 5.91 Å². The van der Waals surface area contributed by atoms with E-state index in [4.69, 9.17) is 4.74 Å². The van der Waals surface area contributed by atoms with Crippen molar-refractivity contribution in [2.45, 2.75) is 63.2 Å². The van der Waals surface area contributed by atoms with E-state index in [1.165, 1.54) is 11.1 Å². The van der Waals surface area contributed by atoms with Crippen LogP contribution in [0.2, 0.25) is 0 Å². The van der Waals surface area contributed by atoms with Gasteiger partial charge in [0.15, 0.2) is 0 Å². The number of carbonyl (C=O) groups excluding carboxylic acids is 1. The van der Waals surface area contributed by atoms with Gasteiger partial charge in [-0.3, -0.25) is 4.79 Å². The highest BCUT2D eigenvalue weighted by Crippen LogP contribution is 2.39. The van der Waals surface area contributed by atoms with E-state index >= 15 is 0 Å². The number of aryl methyl sites for hydroxylation is 1. The lowest BCUT2D eigenvalue weighted by Crippen LogP contribution is -2.46. The minimum Gasteiger partial charge on any atom is -0.390 e. The third kappa shape index (κ3) is 3.93. The van der Waals surface area contributed by atoms with Crippen molar-refractivity contribution in [1.29, 1.82) is 0 Å². The van der Waals surface area contributed by atoms with Crippen molar-refractivity contribution in [3.63, 3.8) is 0 Å². The fraction of sp³-hybridized carbons (Fsp3) is 0.632. The summed E-state index contributed by atoms with van der Waals surface area (Å²) in [7, 11) is 1.61. The Morgan fingerprint density at radius 3 is 2.61 bits per heavy atom. The minimum atomic E-state index is -0.438. The van der Waals surface area contributed by atoms with Crippen LogP contribution < -0.4 is 5.32 Å². The summed E-state index contributed by atoms with van der Waals surface area (Å²) < 4.78 is 5.31. The predicted molar refractivity (Wildman–Crippen MR) is 89.1 cm³/mol. The van der Waals surface area contributed by atoms with Gasteiger partial charge in [-0.15, -0.1) is 0 Å². The van der Waals surface area contributed by atoms with Gasteiger partial charge in [-0.05, 0) is 51.0 Å². The molecule has 4 heteroatoms. The molecule has 4 nitrogen and oxygen atoms in total. The highest BCUT2D eigenvalue weighted by molar-refractivity contribution is 5.80. The van der Waals surface area contributed by atoms with Crippen LogP contribution >= 0.6 is 0 Å². The standard InChI is InChI=1S/C19H27NO3/c1-13-3-5-14(6-4-13)12-19(9-10-19)20-18(22)15-7-8-16(21)17(11-15)23-2/h3-6,15-17,21H,7-12H2,1-2H3,(H,20,22)/t15-,16+,17-/m1/s1. The van der Waals surface area contributed by atoms with Gasteiger partial charge in [0.1, 0.15) is 0 Å². The summed E-state index contributed by atoms with van der Waals surface area (Å²) in [4.78, 5) is 12.6. The second-order valence-electron chi connectivity index (χ2n) is 7.28. The van der Waals surface area contributed by atoms with Crippen LogP contribution in [0.15, 0.2) is 24.3 Å². The molecule has 1 aromatic carbocycles. The van der Waals surface area contributed by atoms with E-state index in [1.54, 1.807) is 7.11 Å². The molecule has 2 aliphatic carbocycles. The average molecular weight is 317 g/mol. The molecule has 0 heterocycles. The Labute approximate surface area is 138 Å². The van der Waals surface area contributed by atoms with Gasteiger partial charge in [0, 0.05) is 18.6 Å². The summed E-state index contributed by atoms with van der Waals surface area (Å²) in [5, 5.41) is 13.2. The Balaban J connectivity index is 1.58. The molecule has 0 aromatic heterocycles. The van der Waals surface area contributed by atoms with Crippen LogP contribution in [0.5, 0.6) is 0 Å². The number of amides is 1. The quantitative estimate of drug-likeness (QED) is 0.876. The third-order valence-corrected chi connectivity index (χ3v) is 5.34. The van der Waals surface area contributed by atoms with Gasteiger partial charge in [0.05, 0.1) is 12.2 Å². The number of hydrogen-bond donors (Lipinski definition) is 2. The molecule has 2 fully saturated rings. The summed E-state index contributed by atoms with van der Waals surface area (Å²) in [6, 6.07) is 8.55. The first-order chi connectivity index (χ1) is 11.0. The van der Waals surface area contributed by atoms with E-state index < -0.39 is 6.10 Å². The lowest BCUT2D eigenvalue weighted by molar-refractivity contribution is -0.131. The molecule has 1 amide bonds. The molecule has 2 saturated carbocycles. The summed E-state index contributed by atoms with van der Waals surface area (Å²) in [5.41, 5.74) is 2.49. The normalized spacial score (nSPS) is 29.1. The van der Waals surface area contributed by atoms with Crippen LogP contribution in [0.25, 0.3) is 0 Å². The molecule has 3 atom stereocenters. The number of benzene rings is 1. The Bertz CT molecular complexity index is 550. The zero-order valence-corrected chi connectivity index (χ0v) is 14.0. The highest BCUT2D eigenvalue weighted by atomic mass is 16.5. The van der Waals surface area contributed by atoms with Crippen LogP contribution in [0.3, 0.4) is 0 Å². The predicted octanol–water partition coefficient (Wildman–Crippen LogP) is 2.36. The number of nitrogens with one attached hydrogen (secondary N) is 1. The summed E-state index contributed by atoms with van der Waals surface area (Å²) >= 11 is 0. The van der Waals surface area contributed by atoms with Crippen molar-refractivity contribution in [2.75, 3.05) is 7.11 Å². The van der Waals surface area contributed by atoms with Crippen molar-refractivity contribution in [2.24, 2.45) is 5.92 Å². The first kappa shape index (κ1) is 16.5. The molecule has 0 bridgehead atoms. The van der Waals surface area contributed by atoms with E-state index in [9.17, 15) is 9.90 Å². The van der Waals surface area contributed by atoms with Crippen molar-refractivity contribution < 1.29 is 14.6 Å². The van der Waals surface area contributed by atoms with E-state index in [-0.39, 0.29) is 23.5 Å². The van der Waals surface area contributed by atoms with Gasteiger partial charge in [-0.2, -0.15) is 0 Å². The van der Waals surface area contributed by atoms with Crippen LogP contribution in [0.4, 0.5) is 0 Å². The van der Waals surface area contributed by atoms with Crippen LogP contribution in [0.1, 0.15) is 43.2 Å². The van der Waals surface area contributed by atoms with Gasteiger partial charge in [0.25, 0.3) is 0 Å². The number of methoxy groups -OCH3 is 1. The second-order valence-corrected chi connectivity index (χ2v) is 7.28. The highest BCUT2D eigenvalue weighted by Gasteiger charge is 2.45. The maximum absolute atomic E-state index is 12.6. The fourth-order valence-corrected chi connectivity index (χ4v) is 3.56. The van der Waals surface area contributed by atoms with Gasteiger partial charge in [-0.1, -0.05) is 29.8 Å². The minimum absolute atomic E-state index is 0.0427. The van der Waals surface area contributed by atoms with Gasteiger partial charge >= 0.3 is 0 Å². The number of aliphatic hydroxyl groups is 1. The summed E-state index contributed by atoms with van der Waals surface area (Å²) in [6.07, 6.45) is 4.35. The zero-order valence-electron chi connectivity index (χ0n) is 14.0. The Hall–Kier alpha value is -1.39. The Morgan fingerprint density at radius 1 is 1.30 bits per heavy atom. The van der Waals surface area contributed by atoms with E-state index in [0.717, 1.165) is 25.7 Å². The fourth-order valence-electron chi connectivity index (χ4n) is 3.56. The maximum Gasteiger partial charge on any atom is 0.223 e. The molecule has 0 saturated heterocycles. The number of hydrogen-bond acceptors (Lipinski definition) is 3. The lowest BCUT2D eigenvalue weighted by atomic mass is 9.84. The number of aliphatic hydroxyl groups excluding tert-OH is 1. The Morgan fingerprint density at radius 2 is 2.00 bits per heavy atom. The summed E-state index contributed by atoms with van der Waals surface area (Å²) in [6.45, 7) is 2.09. The first-order valence-electron chi connectivity index (χ1n) is 8.60. The molecule has 0 spiro atoms. The molecular formula is C19H27NO3. The van der Waals surface area contributed by atoms with Crippen molar-refractivity contribution in [3.05, 3.63) is 35.4 Å². The SMILES string of the molecule is CO[C@@H]1C[C@H](C(=O)NC2(Cc3ccc(C)cc3)CC2)CC[C@@H]1O. The van der Waals surface area contributed by atoms with Gasteiger partial charge < -0.3 is 15.2 Å². The molecule has 2 aliphatic rings. The second kappa shape index (κ2) is 6.62. The Kier molecular flexibility index (Phi) is 4.74. The molecule has 0 aliphatic heterocycles. The van der Waals surface area contributed by atoms with Crippen LogP contribution in [0, 0.1) is 12.8 Å². The van der Waals surface area contributed by atoms with Crippen molar-refractivity contribution in [1.82, 2.24) is 5.32 Å². The lowest BCUT2D eigenvalue weighted by Gasteiger charge is -2.32. The molecular weight excluding hydrogens is 290 g/mol. The average Bonchev–Trinajstić information content (AvgIpc) is 3.29. The number of rotatable bonds is 5. The molecule has 1 aromatic rings. The molecule has 2 N–H and O–H groups in total. The van der Waals surface area contributed by atoms with Gasteiger partial charge in [0.2, 0.25) is 5.91 Å². The van der Waals surface area contributed by atoms with Crippen LogP contribution in [-0.2, 0) is 16.0 Å². The molecule has 126 valence electrons. The zero-order chi connectivity index (χ0) is 16.4. The molecule has 23 heavy (non-hydrogen) atoms. The van der Waals surface area contributed by atoms with Crippen LogP contribution in [-0.4, -0.2) is 35.9 Å². The third-order valence-electron chi connectivity index (χ3n) is 5.34.